The number of benzene rings is 1. The number of hydrogen-bond donors (Lipinski definition) is 1. The Morgan fingerprint density at radius 2 is 2.10 bits per heavy atom. The quantitative estimate of drug-likeness (QED) is 0.798. The summed E-state index contributed by atoms with van der Waals surface area (Å²) in [5, 5.41) is 3.48. The molecule has 0 amide bonds. The topological polar surface area (TPSA) is 30.5 Å². The van der Waals surface area contributed by atoms with Gasteiger partial charge in [0.05, 0.1) is 6.10 Å². The lowest BCUT2D eigenvalue weighted by Crippen LogP contribution is -2.33. The average molecular weight is 299 g/mol. The van der Waals surface area contributed by atoms with Gasteiger partial charge in [-0.15, -0.1) is 0 Å². The lowest BCUT2D eigenvalue weighted by molar-refractivity contribution is -0.0498. The Bertz CT molecular complexity index is 405. The molecular weight excluding hydrogens is 276 g/mol. The van der Waals surface area contributed by atoms with Gasteiger partial charge >= 0.3 is 6.61 Å². The standard InChI is InChI=1S/C16H23F2NO2/c1-12(19-11-15-3-2-10-20-15)4-5-13-6-8-14(9-7-13)21-16(17)18/h6-9,12,15-16,19H,2-5,10-11H2,1H3. The zero-order valence-corrected chi connectivity index (χ0v) is 12.4. The molecule has 2 unspecified atom stereocenters. The van der Waals surface area contributed by atoms with E-state index in [-0.39, 0.29) is 5.75 Å². The highest BCUT2D eigenvalue weighted by Gasteiger charge is 2.15. The monoisotopic (exact) mass is 299 g/mol. The third-order valence-electron chi connectivity index (χ3n) is 3.73. The predicted molar refractivity (Wildman–Crippen MR) is 77.8 cm³/mol. The molecule has 0 radical (unpaired) electrons. The van der Waals surface area contributed by atoms with Crippen LogP contribution in [0.5, 0.6) is 5.75 Å². The van der Waals surface area contributed by atoms with E-state index in [1.807, 2.05) is 12.1 Å². The van der Waals surface area contributed by atoms with Crippen molar-refractivity contribution in [3.05, 3.63) is 29.8 Å². The van der Waals surface area contributed by atoms with Gasteiger partial charge in [0.25, 0.3) is 0 Å². The summed E-state index contributed by atoms with van der Waals surface area (Å²) in [5.41, 5.74) is 1.13. The van der Waals surface area contributed by atoms with Crippen LogP contribution in [0.1, 0.15) is 31.7 Å². The second kappa shape index (κ2) is 8.29. The second-order valence-corrected chi connectivity index (χ2v) is 5.51. The van der Waals surface area contributed by atoms with Crippen molar-refractivity contribution in [2.24, 2.45) is 0 Å². The third kappa shape index (κ3) is 5.98. The normalized spacial score (nSPS) is 19.9. The molecule has 1 aromatic rings. The number of aryl methyl sites for hydroxylation is 1. The van der Waals surface area contributed by atoms with Crippen LogP contribution in [0.4, 0.5) is 8.78 Å². The molecule has 3 nitrogen and oxygen atoms in total. The van der Waals surface area contributed by atoms with E-state index in [0.717, 1.165) is 44.4 Å². The minimum absolute atomic E-state index is 0.207. The molecule has 1 aliphatic heterocycles. The SMILES string of the molecule is CC(CCc1ccc(OC(F)F)cc1)NCC1CCCO1. The third-order valence-corrected chi connectivity index (χ3v) is 3.73. The first-order chi connectivity index (χ1) is 10.1. The van der Waals surface area contributed by atoms with E-state index in [0.29, 0.717) is 12.1 Å². The lowest BCUT2D eigenvalue weighted by atomic mass is 10.1. The number of hydrogen-bond acceptors (Lipinski definition) is 3. The van der Waals surface area contributed by atoms with Crippen molar-refractivity contribution in [3.63, 3.8) is 0 Å². The summed E-state index contributed by atoms with van der Waals surface area (Å²) in [7, 11) is 0. The van der Waals surface area contributed by atoms with E-state index < -0.39 is 6.61 Å². The van der Waals surface area contributed by atoms with E-state index in [9.17, 15) is 8.78 Å². The highest BCUT2D eigenvalue weighted by molar-refractivity contribution is 5.27. The highest BCUT2D eigenvalue weighted by atomic mass is 19.3. The van der Waals surface area contributed by atoms with Crippen molar-refractivity contribution in [1.82, 2.24) is 5.32 Å². The average Bonchev–Trinajstić information content (AvgIpc) is 2.97. The number of ether oxygens (including phenoxy) is 2. The molecule has 1 saturated heterocycles. The van der Waals surface area contributed by atoms with E-state index in [4.69, 9.17) is 4.74 Å². The number of halogens is 2. The van der Waals surface area contributed by atoms with Crippen LogP contribution >= 0.6 is 0 Å². The van der Waals surface area contributed by atoms with Crippen LogP contribution in [0, 0.1) is 0 Å². The maximum absolute atomic E-state index is 12.0. The van der Waals surface area contributed by atoms with Gasteiger partial charge in [0.1, 0.15) is 5.75 Å². The summed E-state index contributed by atoms with van der Waals surface area (Å²) in [6.45, 7) is 1.18. The van der Waals surface area contributed by atoms with Gasteiger partial charge in [-0.3, -0.25) is 0 Å². The van der Waals surface area contributed by atoms with Gasteiger partial charge in [0.15, 0.2) is 0 Å². The summed E-state index contributed by atoms with van der Waals surface area (Å²) in [4.78, 5) is 0. The Morgan fingerprint density at radius 1 is 1.33 bits per heavy atom. The lowest BCUT2D eigenvalue weighted by Gasteiger charge is -2.17. The summed E-state index contributed by atoms with van der Waals surface area (Å²) in [6.07, 6.45) is 4.58. The summed E-state index contributed by atoms with van der Waals surface area (Å²) < 4.78 is 34.0. The molecule has 118 valence electrons. The molecule has 0 saturated carbocycles. The first-order valence-electron chi connectivity index (χ1n) is 7.52. The van der Waals surface area contributed by atoms with Crippen molar-refractivity contribution in [3.8, 4) is 5.75 Å². The van der Waals surface area contributed by atoms with E-state index in [2.05, 4.69) is 17.0 Å². The molecule has 1 N–H and O–H groups in total. The first-order valence-corrected chi connectivity index (χ1v) is 7.52. The molecule has 1 aliphatic rings. The Balaban J connectivity index is 1.66. The molecule has 1 heterocycles. The molecule has 1 fully saturated rings. The van der Waals surface area contributed by atoms with Crippen LogP contribution in [0.15, 0.2) is 24.3 Å². The molecule has 1 aromatic carbocycles. The molecule has 2 atom stereocenters. The Kier molecular flexibility index (Phi) is 6.39. The van der Waals surface area contributed by atoms with Crippen LogP contribution in [0.3, 0.4) is 0 Å². The molecular formula is C16H23F2NO2. The fourth-order valence-electron chi connectivity index (χ4n) is 2.46. The summed E-state index contributed by atoms with van der Waals surface area (Å²) in [5.74, 6) is 0.207. The maximum atomic E-state index is 12.0. The van der Waals surface area contributed by atoms with E-state index in [1.54, 1.807) is 12.1 Å². The molecule has 2 rings (SSSR count). The minimum Gasteiger partial charge on any atom is -0.435 e. The van der Waals surface area contributed by atoms with Gasteiger partial charge in [-0.1, -0.05) is 12.1 Å². The fraction of sp³-hybridized carbons (Fsp3) is 0.625. The van der Waals surface area contributed by atoms with Crippen LogP contribution in [-0.4, -0.2) is 31.9 Å². The van der Waals surface area contributed by atoms with Crippen molar-refractivity contribution in [2.45, 2.75) is 51.4 Å². The zero-order chi connectivity index (χ0) is 15.1. The molecule has 0 aliphatic carbocycles. The van der Waals surface area contributed by atoms with Crippen LogP contribution < -0.4 is 10.1 Å². The highest BCUT2D eigenvalue weighted by Crippen LogP contribution is 2.16. The van der Waals surface area contributed by atoms with Crippen LogP contribution in [-0.2, 0) is 11.2 Å². The van der Waals surface area contributed by atoms with Crippen LogP contribution in [0.25, 0.3) is 0 Å². The second-order valence-electron chi connectivity index (χ2n) is 5.51. The Morgan fingerprint density at radius 3 is 2.71 bits per heavy atom. The number of alkyl halides is 2. The van der Waals surface area contributed by atoms with Gasteiger partial charge < -0.3 is 14.8 Å². The van der Waals surface area contributed by atoms with Gasteiger partial charge in [-0.2, -0.15) is 8.78 Å². The maximum Gasteiger partial charge on any atom is 0.387 e. The molecule has 21 heavy (non-hydrogen) atoms. The van der Waals surface area contributed by atoms with Crippen molar-refractivity contribution in [1.29, 1.82) is 0 Å². The van der Waals surface area contributed by atoms with Gasteiger partial charge in [0.2, 0.25) is 0 Å². The smallest absolute Gasteiger partial charge is 0.387 e. The summed E-state index contributed by atoms with van der Waals surface area (Å²) >= 11 is 0. The molecule has 0 spiro atoms. The first kappa shape index (κ1) is 16.2. The predicted octanol–water partition coefficient (Wildman–Crippen LogP) is 3.38. The Labute approximate surface area is 124 Å². The van der Waals surface area contributed by atoms with Crippen molar-refractivity contribution < 1.29 is 18.3 Å². The van der Waals surface area contributed by atoms with E-state index >= 15 is 0 Å². The van der Waals surface area contributed by atoms with Crippen LogP contribution in [0.2, 0.25) is 0 Å². The van der Waals surface area contributed by atoms with Crippen molar-refractivity contribution >= 4 is 0 Å². The van der Waals surface area contributed by atoms with Crippen molar-refractivity contribution in [2.75, 3.05) is 13.2 Å². The van der Waals surface area contributed by atoms with Gasteiger partial charge in [0, 0.05) is 19.2 Å². The van der Waals surface area contributed by atoms with Gasteiger partial charge in [-0.25, -0.2) is 0 Å². The minimum atomic E-state index is -2.77. The van der Waals surface area contributed by atoms with Gasteiger partial charge in [-0.05, 0) is 50.3 Å². The summed E-state index contributed by atoms with van der Waals surface area (Å²) in [6, 6.07) is 7.26. The molecule has 5 heteroatoms. The number of rotatable bonds is 8. The number of nitrogens with one attached hydrogen (secondary N) is 1. The fourth-order valence-corrected chi connectivity index (χ4v) is 2.46. The largest absolute Gasteiger partial charge is 0.435 e. The molecule has 0 aromatic heterocycles. The zero-order valence-electron chi connectivity index (χ0n) is 12.4. The van der Waals surface area contributed by atoms with E-state index in [1.165, 1.54) is 0 Å². The molecule has 0 bridgehead atoms. The Hall–Kier alpha value is -1.20.